The van der Waals surface area contributed by atoms with Crippen LogP contribution in [0.1, 0.15) is 6.92 Å². The molecule has 2 amide bonds. The van der Waals surface area contributed by atoms with Crippen molar-refractivity contribution in [3.05, 3.63) is 0 Å². The zero-order chi connectivity index (χ0) is 13.4. The molecule has 0 aromatic heterocycles. The number of hydrogen-bond acceptors (Lipinski definition) is 5. The Morgan fingerprint density at radius 2 is 2.00 bits per heavy atom. The minimum absolute atomic E-state index is 0.0243. The van der Waals surface area contributed by atoms with E-state index in [0.29, 0.717) is 0 Å². The zero-order valence-electron chi connectivity index (χ0n) is 10.8. The lowest BCUT2D eigenvalue weighted by molar-refractivity contribution is -0.125. The molecule has 18 heavy (non-hydrogen) atoms. The van der Waals surface area contributed by atoms with Crippen LogP contribution >= 0.6 is 0 Å². The molecule has 0 bridgehead atoms. The number of nitrogens with zero attached hydrogens (tertiary/aromatic N) is 1. The Morgan fingerprint density at radius 1 is 1.33 bits per heavy atom. The molecule has 104 valence electrons. The molecule has 1 saturated heterocycles. The van der Waals surface area contributed by atoms with Gasteiger partial charge >= 0.3 is 0 Å². The standard InChI is InChI=1S/C11H22N4O3/c1-9(8-15-2-4-18-5-3-15)14-11(17)7-13-10(16)6-12/h9H,2-8,12H2,1H3,(H,13,16)(H,14,17). The first-order valence-corrected chi connectivity index (χ1v) is 6.18. The lowest BCUT2D eigenvalue weighted by Crippen LogP contribution is -2.48. The Kier molecular flexibility index (Phi) is 6.63. The van der Waals surface area contributed by atoms with Crippen LogP contribution < -0.4 is 16.4 Å². The van der Waals surface area contributed by atoms with Crippen molar-refractivity contribution in [2.45, 2.75) is 13.0 Å². The van der Waals surface area contributed by atoms with Crippen molar-refractivity contribution in [1.82, 2.24) is 15.5 Å². The van der Waals surface area contributed by atoms with E-state index >= 15 is 0 Å². The second-order valence-electron chi connectivity index (χ2n) is 4.36. The highest BCUT2D eigenvalue weighted by molar-refractivity contribution is 5.85. The van der Waals surface area contributed by atoms with Gasteiger partial charge < -0.3 is 21.1 Å². The topological polar surface area (TPSA) is 96.7 Å². The zero-order valence-corrected chi connectivity index (χ0v) is 10.8. The summed E-state index contributed by atoms with van der Waals surface area (Å²) in [5, 5.41) is 5.26. The minimum Gasteiger partial charge on any atom is -0.379 e. The van der Waals surface area contributed by atoms with Gasteiger partial charge in [-0.05, 0) is 6.92 Å². The maximum Gasteiger partial charge on any atom is 0.239 e. The molecule has 0 aliphatic carbocycles. The van der Waals surface area contributed by atoms with Gasteiger partial charge in [-0.15, -0.1) is 0 Å². The molecular weight excluding hydrogens is 236 g/mol. The van der Waals surface area contributed by atoms with E-state index in [9.17, 15) is 9.59 Å². The molecule has 1 aliphatic rings. The number of ether oxygens (including phenoxy) is 1. The maximum absolute atomic E-state index is 11.5. The molecule has 7 nitrogen and oxygen atoms in total. The summed E-state index contributed by atoms with van der Waals surface area (Å²) < 4.78 is 5.25. The van der Waals surface area contributed by atoms with Crippen LogP contribution in [0.3, 0.4) is 0 Å². The third-order valence-corrected chi connectivity index (χ3v) is 2.67. The summed E-state index contributed by atoms with van der Waals surface area (Å²) >= 11 is 0. The summed E-state index contributed by atoms with van der Waals surface area (Å²) in [6.07, 6.45) is 0. The molecule has 0 aromatic rings. The van der Waals surface area contributed by atoms with Crippen molar-refractivity contribution in [2.24, 2.45) is 5.73 Å². The molecule has 1 unspecified atom stereocenters. The molecule has 1 rings (SSSR count). The number of nitrogens with one attached hydrogen (secondary N) is 2. The molecule has 1 fully saturated rings. The van der Waals surface area contributed by atoms with Crippen LogP contribution in [0.15, 0.2) is 0 Å². The van der Waals surface area contributed by atoms with Crippen molar-refractivity contribution in [3.63, 3.8) is 0 Å². The van der Waals surface area contributed by atoms with E-state index in [-0.39, 0.29) is 30.9 Å². The largest absolute Gasteiger partial charge is 0.379 e. The highest BCUT2D eigenvalue weighted by atomic mass is 16.5. The van der Waals surface area contributed by atoms with E-state index in [1.54, 1.807) is 0 Å². The number of amides is 2. The lowest BCUT2D eigenvalue weighted by Gasteiger charge is -2.29. The van der Waals surface area contributed by atoms with Gasteiger partial charge in [0.25, 0.3) is 0 Å². The van der Waals surface area contributed by atoms with Crippen LogP contribution in [0.5, 0.6) is 0 Å². The first-order valence-electron chi connectivity index (χ1n) is 6.18. The third kappa shape index (κ3) is 5.95. The van der Waals surface area contributed by atoms with Gasteiger partial charge in [-0.3, -0.25) is 14.5 Å². The highest BCUT2D eigenvalue weighted by Gasteiger charge is 2.15. The van der Waals surface area contributed by atoms with E-state index in [4.69, 9.17) is 10.5 Å². The van der Waals surface area contributed by atoms with E-state index in [1.807, 2.05) is 6.92 Å². The van der Waals surface area contributed by atoms with Crippen molar-refractivity contribution < 1.29 is 14.3 Å². The summed E-state index contributed by atoms with van der Waals surface area (Å²) in [5.41, 5.74) is 5.12. The molecule has 0 aromatic carbocycles. The Bertz CT molecular complexity index is 279. The van der Waals surface area contributed by atoms with Gasteiger partial charge in [0.1, 0.15) is 0 Å². The van der Waals surface area contributed by atoms with Gasteiger partial charge in [0.2, 0.25) is 11.8 Å². The monoisotopic (exact) mass is 258 g/mol. The molecule has 1 atom stereocenters. The van der Waals surface area contributed by atoms with Crippen LogP contribution in [0.25, 0.3) is 0 Å². The van der Waals surface area contributed by atoms with E-state index in [0.717, 1.165) is 32.8 Å². The van der Waals surface area contributed by atoms with E-state index in [1.165, 1.54) is 0 Å². The molecule has 1 aliphatic heterocycles. The van der Waals surface area contributed by atoms with Crippen LogP contribution in [-0.4, -0.2) is 68.7 Å². The molecule has 0 saturated carbocycles. The minimum atomic E-state index is -0.328. The highest BCUT2D eigenvalue weighted by Crippen LogP contribution is 1.98. The van der Waals surface area contributed by atoms with Crippen LogP contribution in [0.4, 0.5) is 0 Å². The second-order valence-corrected chi connectivity index (χ2v) is 4.36. The average Bonchev–Trinajstić information content (AvgIpc) is 2.37. The molecular formula is C11H22N4O3. The number of carbonyl (C=O) groups excluding carboxylic acids is 2. The maximum atomic E-state index is 11.5. The lowest BCUT2D eigenvalue weighted by atomic mass is 10.3. The van der Waals surface area contributed by atoms with Gasteiger partial charge in [-0.1, -0.05) is 0 Å². The van der Waals surface area contributed by atoms with Crippen molar-refractivity contribution in [3.8, 4) is 0 Å². The fourth-order valence-corrected chi connectivity index (χ4v) is 1.79. The number of rotatable bonds is 6. The number of morpholine rings is 1. The second kappa shape index (κ2) is 8.02. The summed E-state index contributed by atoms with van der Waals surface area (Å²) in [6.45, 7) is 5.88. The average molecular weight is 258 g/mol. The number of nitrogens with two attached hydrogens (primary N) is 1. The van der Waals surface area contributed by atoms with Gasteiger partial charge in [-0.2, -0.15) is 0 Å². The molecule has 1 heterocycles. The SMILES string of the molecule is CC(CN1CCOCC1)NC(=O)CNC(=O)CN. The predicted molar refractivity (Wildman–Crippen MR) is 66.9 cm³/mol. The van der Waals surface area contributed by atoms with Crippen LogP contribution in [-0.2, 0) is 14.3 Å². The van der Waals surface area contributed by atoms with Crippen molar-refractivity contribution in [2.75, 3.05) is 45.9 Å². The summed E-state index contributed by atoms with van der Waals surface area (Å²) in [4.78, 5) is 24.6. The Morgan fingerprint density at radius 3 is 2.61 bits per heavy atom. The summed E-state index contributed by atoms with van der Waals surface area (Å²) in [7, 11) is 0. The first-order chi connectivity index (χ1) is 8.61. The smallest absolute Gasteiger partial charge is 0.239 e. The van der Waals surface area contributed by atoms with Gasteiger partial charge in [0, 0.05) is 25.7 Å². The Labute approximate surface area is 107 Å². The van der Waals surface area contributed by atoms with Crippen LogP contribution in [0, 0.1) is 0 Å². The quantitative estimate of drug-likeness (QED) is 0.507. The van der Waals surface area contributed by atoms with Crippen molar-refractivity contribution >= 4 is 11.8 Å². The number of carbonyl (C=O) groups is 2. The van der Waals surface area contributed by atoms with Gasteiger partial charge in [0.05, 0.1) is 26.3 Å². The predicted octanol–water partition coefficient (Wildman–Crippen LogP) is -2.10. The molecule has 7 heteroatoms. The number of hydrogen-bond donors (Lipinski definition) is 3. The van der Waals surface area contributed by atoms with Crippen LogP contribution in [0.2, 0.25) is 0 Å². The molecule has 4 N–H and O–H groups in total. The van der Waals surface area contributed by atoms with E-state index in [2.05, 4.69) is 15.5 Å². The fraction of sp³-hybridized carbons (Fsp3) is 0.818. The van der Waals surface area contributed by atoms with E-state index < -0.39 is 0 Å². The Hall–Kier alpha value is -1.18. The normalized spacial score (nSPS) is 18.1. The first kappa shape index (κ1) is 14.9. The van der Waals surface area contributed by atoms with Gasteiger partial charge in [0.15, 0.2) is 0 Å². The fourth-order valence-electron chi connectivity index (χ4n) is 1.79. The molecule has 0 spiro atoms. The Balaban J connectivity index is 2.16. The van der Waals surface area contributed by atoms with Gasteiger partial charge in [-0.25, -0.2) is 0 Å². The summed E-state index contributed by atoms with van der Waals surface area (Å²) in [5.74, 6) is -0.524. The summed E-state index contributed by atoms with van der Waals surface area (Å²) in [6, 6.07) is 0.0466. The third-order valence-electron chi connectivity index (χ3n) is 2.67. The molecule has 0 radical (unpaired) electrons. The van der Waals surface area contributed by atoms with Crippen molar-refractivity contribution in [1.29, 1.82) is 0 Å².